The number of rotatable bonds is 2. The van der Waals surface area contributed by atoms with Crippen molar-refractivity contribution in [1.82, 2.24) is 4.98 Å². The van der Waals surface area contributed by atoms with Crippen LogP contribution in [-0.4, -0.2) is 11.5 Å². The molecule has 0 spiro atoms. The first-order chi connectivity index (χ1) is 6.32. The lowest BCUT2D eigenvalue weighted by atomic mass is 9.81. The highest BCUT2D eigenvalue weighted by molar-refractivity contribution is 5.56. The van der Waals surface area contributed by atoms with Gasteiger partial charge in [0.05, 0.1) is 11.4 Å². The highest BCUT2D eigenvalue weighted by Crippen LogP contribution is 2.39. The largest absolute Gasteiger partial charge is 0.383 e. The Kier molecular flexibility index (Phi) is 1.98. The van der Waals surface area contributed by atoms with Gasteiger partial charge in [-0.3, -0.25) is 4.98 Å². The molecule has 0 saturated heterocycles. The molecule has 0 aliphatic carbocycles. The summed E-state index contributed by atoms with van der Waals surface area (Å²) >= 11 is 0. The minimum absolute atomic E-state index is 0.288. The predicted octanol–water partition coefficient (Wildman–Crippen LogP) is 2.56. The zero-order chi connectivity index (χ0) is 9.31. The molecular formula is C11H16N2. The zero-order valence-corrected chi connectivity index (χ0v) is 8.30. The van der Waals surface area contributed by atoms with E-state index in [1.54, 1.807) is 0 Å². The van der Waals surface area contributed by atoms with Crippen molar-refractivity contribution in [2.45, 2.75) is 32.1 Å². The van der Waals surface area contributed by atoms with E-state index in [1.165, 1.54) is 24.2 Å². The number of fused-ring (bicyclic) bond motifs is 1. The van der Waals surface area contributed by atoms with E-state index < -0.39 is 0 Å². The molecule has 1 aromatic heterocycles. The first-order valence-corrected chi connectivity index (χ1v) is 5.02. The molecular weight excluding hydrogens is 160 g/mol. The number of nitrogens with zero attached hydrogens (tertiary/aromatic N) is 1. The first-order valence-electron chi connectivity index (χ1n) is 5.02. The summed E-state index contributed by atoms with van der Waals surface area (Å²) in [5, 5.41) is 3.43. The number of anilines is 1. The maximum absolute atomic E-state index is 4.49. The van der Waals surface area contributed by atoms with Gasteiger partial charge in [0.15, 0.2) is 0 Å². The fourth-order valence-electron chi connectivity index (χ4n) is 2.15. The van der Waals surface area contributed by atoms with Crippen LogP contribution in [0, 0.1) is 0 Å². The van der Waals surface area contributed by atoms with Crippen LogP contribution in [0.5, 0.6) is 0 Å². The van der Waals surface area contributed by atoms with Crippen LogP contribution in [0.4, 0.5) is 5.69 Å². The summed E-state index contributed by atoms with van der Waals surface area (Å²) in [7, 11) is 0. The Bertz CT molecular complexity index is 303. The molecule has 0 unspecified atom stereocenters. The van der Waals surface area contributed by atoms with Crippen molar-refractivity contribution in [3.63, 3.8) is 0 Å². The Hall–Kier alpha value is -1.05. The van der Waals surface area contributed by atoms with E-state index in [0.717, 1.165) is 6.54 Å². The summed E-state index contributed by atoms with van der Waals surface area (Å²) in [5.41, 5.74) is 2.78. The van der Waals surface area contributed by atoms with Crippen molar-refractivity contribution in [3.8, 4) is 0 Å². The van der Waals surface area contributed by atoms with Gasteiger partial charge in [-0.25, -0.2) is 0 Å². The summed E-state index contributed by atoms with van der Waals surface area (Å²) in [4.78, 5) is 4.49. The molecule has 0 amide bonds. The Balaban J connectivity index is 2.47. The van der Waals surface area contributed by atoms with Gasteiger partial charge in [0.25, 0.3) is 0 Å². The molecule has 13 heavy (non-hydrogen) atoms. The maximum Gasteiger partial charge on any atom is 0.0713 e. The number of pyridine rings is 1. The maximum atomic E-state index is 4.49. The Morgan fingerprint density at radius 1 is 1.46 bits per heavy atom. The van der Waals surface area contributed by atoms with Gasteiger partial charge in [-0.1, -0.05) is 13.8 Å². The molecule has 1 aliphatic rings. The highest BCUT2D eigenvalue weighted by atomic mass is 15.0. The molecule has 0 fully saturated rings. The first kappa shape index (κ1) is 8.54. The van der Waals surface area contributed by atoms with Crippen LogP contribution in [0.1, 0.15) is 32.4 Å². The number of hydrogen-bond donors (Lipinski definition) is 1. The summed E-state index contributed by atoms with van der Waals surface area (Å²) in [6.45, 7) is 5.54. The van der Waals surface area contributed by atoms with E-state index in [9.17, 15) is 0 Å². The fraction of sp³-hybridized carbons (Fsp3) is 0.545. The molecule has 2 heterocycles. The second kappa shape index (κ2) is 3.02. The number of aromatic nitrogens is 1. The Morgan fingerprint density at radius 3 is 2.92 bits per heavy atom. The molecule has 1 aromatic rings. The SMILES string of the molecule is CCC1(CC)CNc2cccnc21. The van der Waals surface area contributed by atoms with Gasteiger partial charge in [-0.05, 0) is 25.0 Å². The summed E-state index contributed by atoms with van der Waals surface area (Å²) in [6.07, 6.45) is 4.23. The van der Waals surface area contributed by atoms with Gasteiger partial charge in [-0.15, -0.1) is 0 Å². The molecule has 0 radical (unpaired) electrons. The average molecular weight is 176 g/mol. The molecule has 2 heteroatoms. The Labute approximate surface area is 79.4 Å². The van der Waals surface area contributed by atoms with Crippen molar-refractivity contribution in [1.29, 1.82) is 0 Å². The third-order valence-electron chi connectivity index (χ3n) is 3.28. The van der Waals surface area contributed by atoms with Crippen molar-refractivity contribution in [2.24, 2.45) is 0 Å². The molecule has 0 aromatic carbocycles. The highest BCUT2D eigenvalue weighted by Gasteiger charge is 2.36. The minimum atomic E-state index is 0.288. The van der Waals surface area contributed by atoms with Gasteiger partial charge in [0.1, 0.15) is 0 Å². The minimum Gasteiger partial charge on any atom is -0.383 e. The van der Waals surface area contributed by atoms with Crippen molar-refractivity contribution >= 4 is 5.69 Å². The molecule has 70 valence electrons. The lowest BCUT2D eigenvalue weighted by Crippen LogP contribution is -2.27. The van der Waals surface area contributed by atoms with E-state index in [0.29, 0.717) is 0 Å². The van der Waals surface area contributed by atoms with Crippen LogP contribution >= 0.6 is 0 Å². The van der Waals surface area contributed by atoms with E-state index in [-0.39, 0.29) is 5.41 Å². The predicted molar refractivity (Wildman–Crippen MR) is 55.0 cm³/mol. The summed E-state index contributed by atoms with van der Waals surface area (Å²) in [6, 6.07) is 4.11. The van der Waals surface area contributed by atoms with Crippen LogP contribution in [0.25, 0.3) is 0 Å². The normalized spacial score (nSPS) is 18.0. The number of nitrogens with one attached hydrogen (secondary N) is 1. The lowest BCUT2D eigenvalue weighted by molar-refractivity contribution is 0.426. The van der Waals surface area contributed by atoms with Crippen LogP contribution in [-0.2, 0) is 5.41 Å². The standard InChI is InChI=1S/C11H16N2/c1-3-11(4-2)8-13-9-6-5-7-12-10(9)11/h5-7,13H,3-4,8H2,1-2H3. The molecule has 1 aliphatic heterocycles. The average Bonchev–Trinajstić information content (AvgIpc) is 2.58. The fourth-order valence-corrected chi connectivity index (χ4v) is 2.15. The number of hydrogen-bond acceptors (Lipinski definition) is 2. The van der Waals surface area contributed by atoms with E-state index in [4.69, 9.17) is 0 Å². The molecule has 0 atom stereocenters. The third kappa shape index (κ3) is 1.12. The lowest BCUT2D eigenvalue weighted by Gasteiger charge is -2.24. The van der Waals surface area contributed by atoms with Crippen molar-refractivity contribution in [2.75, 3.05) is 11.9 Å². The van der Waals surface area contributed by atoms with E-state index in [2.05, 4.69) is 30.2 Å². The van der Waals surface area contributed by atoms with Gasteiger partial charge in [-0.2, -0.15) is 0 Å². The van der Waals surface area contributed by atoms with Gasteiger partial charge >= 0.3 is 0 Å². The Morgan fingerprint density at radius 2 is 2.23 bits per heavy atom. The zero-order valence-electron chi connectivity index (χ0n) is 8.30. The molecule has 2 nitrogen and oxygen atoms in total. The monoisotopic (exact) mass is 176 g/mol. The third-order valence-corrected chi connectivity index (χ3v) is 3.28. The van der Waals surface area contributed by atoms with E-state index >= 15 is 0 Å². The van der Waals surface area contributed by atoms with Crippen molar-refractivity contribution < 1.29 is 0 Å². The molecule has 0 saturated carbocycles. The topological polar surface area (TPSA) is 24.9 Å². The van der Waals surface area contributed by atoms with Gasteiger partial charge in [0.2, 0.25) is 0 Å². The smallest absolute Gasteiger partial charge is 0.0713 e. The molecule has 2 rings (SSSR count). The van der Waals surface area contributed by atoms with Gasteiger partial charge in [0, 0.05) is 18.2 Å². The quantitative estimate of drug-likeness (QED) is 0.749. The van der Waals surface area contributed by atoms with Crippen LogP contribution in [0.15, 0.2) is 18.3 Å². The molecule has 0 bridgehead atoms. The van der Waals surface area contributed by atoms with Crippen molar-refractivity contribution in [3.05, 3.63) is 24.0 Å². The second-order valence-corrected chi connectivity index (χ2v) is 3.74. The summed E-state index contributed by atoms with van der Waals surface area (Å²) < 4.78 is 0. The second-order valence-electron chi connectivity index (χ2n) is 3.74. The molecule has 1 N–H and O–H groups in total. The van der Waals surface area contributed by atoms with Gasteiger partial charge < -0.3 is 5.32 Å². The van der Waals surface area contributed by atoms with Crippen LogP contribution in [0.3, 0.4) is 0 Å². The summed E-state index contributed by atoms with van der Waals surface area (Å²) in [5.74, 6) is 0. The van der Waals surface area contributed by atoms with Crippen LogP contribution < -0.4 is 5.32 Å². The van der Waals surface area contributed by atoms with Crippen LogP contribution in [0.2, 0.25) is 0 Å². The van der Waals surface area contributed by atoms with E-state index in [1.807, 2.05) is 12.3 Å².